The third-order valence-electron chi connectivity index (χ3n) is 11.1. The van der Waals surface area contributed by atoms with Crippen molar-refractivity contribution in [2.75, 3.05) is 0 Å². The summed E-state index contributed by atoms with van der Waals surface area (Å²) in [5.41, 5.74) is 8.59. The molecule has 0 aliphatic rings. The van der Waals surface area contributed by atoms with E-state index in [0.717, 1.165) is 55.0 Å². The molecular weight excluding hydrogens is 665 g/mol. The highest BCUT2D eigenvalue weighted by molar-refractivity contribution is 7.26. The highest BCUT2D eigenvalue weighted by Crippen LogP contribution is 2.48. The number of fused-ring (bicyclic) bond motifs is 11. The molecule has 12 rings (SSSR count). The van der Waals surface area contributed by atoms with Crippen LogP contribution in [0.2, 0.25) is 0 Å². The molecule has 2 nitrogen and oxygen atoms in total. The Kier molecular flexibility index (Phi) is 5.96. The van der Waals surface area contributed by atoms with Crippen LogP contribution in [0.1, 0.15) is 0 Å². The van der Waals surface area contributed by atoms with Gasteiger partial charge in [0.25, 0.3) is 0 Å². The smallest absolute Gasteiger partial charge is 0.147 e. The molecule has 0 fully saturated rings. The first-order valence-electron chi connectivity index (χ1n) is 18.0. The number of furan rings is 2. The van der Waals surface area contributed by atoms with Gasteiger partial charge in [0.15, 0.2) is 0 Å². The Bertz CT molecular complexity index is 3390. The minimum Gasteiger partial charge on any atom is -0.456 e. The molecule has 0 aliphatic carbocycles. The van der Waals surface area contributed by atoms with Crippen LogP contribution in [0.15, 0.2) is 179 Å². The number of benzene rings is 9. The lowest BCUT2D eigenvalue weighted by molar-refractivity contribution is 0.627. The summed E-state index contributed by atoms with van der Waals surface area (Å²) in [5.74, 6) is 0.817. The molecule has 53 heavy (non-hydrogen) atoms. The molecule has 0 bridgehead atoms. The average molecular weight is 693 g/mol. The van der Waals surface area contributed by atoms with Crippen molar-refractivity contribution >= 4 is 96.7 Å². The van der Waals surface area contributed by atoms with Gasteiger partial charge in [0.05, 0.1) is 5.56 Å². The van der Waals surface area contributed by atoms with Crippen LogP contribution < -0.4 is 0 Å². The van der Waals surface area contributed by atoms with E-state index in [-0.39, 0.29) is 0 Å². The summed E-state index contributed by atoms with van der Waals surface area (Å²) in [7, 11) is 0. The predicted molar refractivity (Wildman–Crippen MR) is 225 cm³/mol. The molecule has 0 radical (unpaired) electrons. The molecular formula is C50H28O2S. The number of hydrogen-bond donors (Lipinski definition) is 0. The van der Waals surface area contributed by atoms with Gasteiger partial charge >= 0.3 is 0 Å². The van der Waals surface area contributed by atoms with Gasteiger partial charge in [-0.15, -0.1) is 11.3 Å². The highest BCUT2D eigenvalue weighted by atomic mass is 32.1. The van der Waals surface area contributed by atoms with Crippen molar-refractivity contribution in [3.63, 3.8) is 0 Å². The first-order valence-corrected chi connectivity index (χ1v) is 18.8. The SMILES string of the molecule is c1ccc(-c2c3ccccc3c(-c3ccc4sc5ccc6oc(-c7c8ccccc8cc8c7oc7ccccc78)cc6c5c4c3)c3ccccc23)cc1. The lowest BCUT2D eigenvalue weighted by Crippen LogP contribution is -1.90. The van der Waals surface area contributed by atoms with Crippen molar-refractivity contribution in [2.45, 2.75) is 0 Å². The average Bonchev–Trinajstić information content (AvgIpc) is 3.92. The zero-order valence-electron chi connectivity index (χ0n) is 28.4. The Morgan fingerprint density at radius 1 is 0.340 bits per heavy atom. The van der Waals surface area contributed by atoms with Crippen LogP contribution in [0.4, 0.5) is 0 Å². The van der Waals surface area contributed by atoms with E-state index in [1.54, 1.807) is 0 Å². The maximum absolute atomic E-state index is 6.82. The second kappa shape index (κ2) is 10.9. The van der Waals surface area contributed by atoms with E-state index < -0.39 is 0 Å². The first-order chi connectivity index (χ1) is 26.3. The van der Waals surface area contributed by atoms with Gasteiger partial charge in [-0.2, -0.15) is 0 Å². The summed E-state index contributed by atoms with van der Waals surface area (Å²) in [6, 6.07) is 61.2. The summed E-state index contributed by atoms with van der Waals surface area (Å²) in [4.78, 5) is 0. The molecule has 0 atom stereocenters. The third-order valence-corrected chi connectivity index (χ3v) is 12.2. The van der Waals surface area contributed by atoms with Gasteiger partial charge in [-0.1, -0.05) is 127 Å². The summed E-state index contributed by atoms with van der Waals surface area (Å²) in [6.45, 7) is 0. The third kappa shape index (κ3) is 4.14. The maximum atomic E-state index is 6.82. The van der Waals surface area contributed by atoms with Crippen molar-refractivity contribution in [2.24, 2.45) is 0 Å². The maximum Gasteiger partial charge on any atom is 0.147 e. The van der Waals surface area contributed by atoms with Gasteiger partial charge in [0.1, 0.15) is 22.5 Å². The van der Waals surface area contributed by atoms with Crippen molar-refractivity contribution in [3.8, 4) is 33.6 Å². The Morgan fingerprint density at radius 3 is 1.70 bits per heavy atom. The van der Waals surface area contributed by atoms with Crippen LogP contribution in [0.5, 0.6) is 0 Å². The molecule has 246 valence electrons. The van der Waals surface area contributed by atoms with Crippen molar-refractivity contribution in [1.82, 2.24) is 0 Å². The van der Waals surface area contributed by atoms with Crippen molar-refractivity contribution < 1.29 is 8.83 Å². The monoisotopic (exact) mass is 692 g/mol. The van der Waals surface area contributed by atoms with Gasteiger partial charge in [-0.25, -0.2) is 0 Å². The highest BCUT2D eigenvalue weighted by Gasteiger charge is 2.22. The molecule has 0 saturated heterocycles. The van der Waals surface area contributed by atoms with E-state index in [2.05, 4.69) is 158 Å². The fourth-order valence-electron chi connectivity index (χ4n) is 8.79. The Balaban J connectivity index is 1.13. The Hall–Kier alpha value is -6.68. The Morgan fingerprint density at radius 2 is 0.943 bits per heavy atom. The summed E-state index contributed by atoms with van der Waals surface area (Å²) in [6.07, 6.45) is 0. The van der Waals surface area contributed by atoms with Crippen molar-refractivity contribution in [1.29, 1.82) is 0 Å². The van der Waals surface area contributed by atoms with Gasteiger partial charge in [-0.05, 0) is 97.0 Å². The van der Waals surface area contributed by atoms with Gasteiger partial charge in [0, 0.05) is 36.3 Å². The van der Waals surface area contributed by atoms with E-state index in [1.807, 2.05) is 23.5 Å². The summed E-state index contributed by atoms with van der Waals surface area (Å²) < 4.78 is 15.9. The molecule has 3 heterocycles. The molecule has 0 spiro atoms. The largest absolute Gasteiger partial charge is 0.456 e. The fourth-order valence-corrected chi connectivity index (χ4v) is 9.89. The molecule has 0 saturated carbocycles. The van der Waals surface area contributed by atoms with Crippen LogP contribution in [-0.2, 0) is 0 Å². The van der Waals surface area contributed by atoms with E-state index in [9.17, 15) is 0 Å². The van der Waals surface area contributed by atoms with Gasteiger partial charge in [0.2, 0.25) is 0 Å². The topological polar surface area (TPSA) is 26.3 Å². The molecule has 3 aromatic heterocycles. The Labute approximate surface area is 307 Å². The minimum absolute atomic E-state index is 0.817. The minimum atomic E-state index is 0.817. The molecule has 0 unspecified atom stereocenters. The summed E-state index contributed by atoms with van der Waals surface area (Å²) in [5, 5.41) is 13.1. The molecule has 0 N–H and O–H groups in total. The fraction of sp³-hybridized carbons (Fsp3) is 0. The van der Waals surface area contributed by atoms with Crippen molar-refractivity contribution in [3.05, 3.63) is 170 Å². The second-order valence-electron chi connectivity index (χ2n) is 13.9. The molecule has 0 amide bonds. The number of thiophene rings is 1. The number of rotatable bonds is 3. The standard InChI is InChI=1S/C50H28O2S/c1-2-12-29(13-3-1)46-34-17-6-8-19-36(34)47(37-20-9-7-18-35(37)46)31-22-24-44-40(27-31)48-39-28-43(51-42(39)23-25-45(48)53-44)49-32-15-5-4-14-30(32)26-38-33-16-10-11-21-41(33)52-50(38)49/h1-28H. The normalized spacial score (nSPS) is 12.2. The lowest BCUT2D eigenvalue weighted by atomic mass is 9.86. The van der Waals surface area contributed by atoms with E-state index in [4.69, 9.17) is 8.83 Å². The van der Waals surface area contributed by atoms with E-state index in [0.29, 0.717) is 0 Å². The molecule has 0 aliphatic heterocycles. The summed E-state index contributed by atoms with van der Waals surface area (Å²) >= 11 is 1.84. The lowest BCUT2D eigenvalue weighted by Gasteiger charge is -2.17. The zero-order valence-corrected chi connectivity index (χ0v) is 29.2. The predicted octanol–water partition coefficient (Wildman–Crippen LogP) is 15.2. The molecule has 12 aromatic rings. The number of hydrogen-bond acceptors (Lipinski definition) is 3. The van der Waals surface area contributed by atoms with E-state index in [1.165, 1.54) is 64.0 Å². The molecule has 9 aromatic carbocycles. The zero-order chi connectivity index (χ0) is 34.6. The van der Waals surface area contributed by atoms with Crippen LogP contribution in [0, 0.1) is 0 Å². The van der Waals surface area contributed by atoms with Crippen LogP contribution in [-0.4, -0.2) is 0 Å². The van der Waals surface area contributed by atoms with Gasteiger partial charge in [-0.3, -0.25) is 0 Å². The molecule has 3 heteroatoms. The second-order valence-corrected chi connectivity index (χ2v) is 15.0. The van der Waals surface area contributed by atoms with Crippen LogP contribution in [0.25, 0.3) is 119 Å². The van der Waals surface area contributed by atoms with E-state index >= 15 is 0 Å². The van der Waals surface area contributed by atoms with Crippen LogP contribution >= 0.6 is 11.3 Å². The number of para-hydroxylation sites is 1. The van der Waals surface area contributed by atoms with Gasteiger partial charge < -0.3 is 8.83 Å². The van der Waals surface area contributed by atoms with Crippen LogP contribution in [0.3, 0.4) is 0 Å². The quantitative estimate of drug-likeness (QED) is 0.172. The first kappa shape index (κ1) is 29.0.